The van der Waals surface area contributed by atoms with E-state index in [4.69, 9.17) is 5.73 Å². The number of hydrogen-bond donors (Lipinski definition) is 1. The summed E-state index contributed by atoms with van der Waals surface area (Å²) in [7, 11) is 0. The minimum Gasteiger partial charge on any atom is -0.398 e. The van der Waals surface area contributed by atoms with Crippen LogP contribution in [0.1, 0.15) is 36.0 Å². The first-order valence-electron chi connectivity index (χ1n) is 7.83. The van der Waals surface area contributed by atoms with Gasteiger partial charge in [-0.2, -0.15) is 0 Å². The number of nitrogens with zero attached hydrogens (tertiary/aromatic N) is 1. The van der Waals surface area contributed by atoms with Crippen molar-refractivity contribution in [3.05, 3.63) is 59.2 Å². The molecule has 3 rings (SSSR count). The maximum Gasteiger partial charge on any atom is 0.234 e. The third-order valence-electron chi connectivity index (χ3n) is 4.47. The number of fused-ring (bicyclic) bond motifs is 1. The van der Waals surface area contributed by atoms with Gasteiger partial charge in [0.2, 0.25) is 5.91 Å². The molecule has 0 spiro atoms. The highest BCUT2D eigenvalue weighted by atomic mass is 16.2. The van der Waals surface area contributed by atoms with E-state index < -0.39 is 0 Å². The highest BCUT2D eigenvalue weighted by Crippen LogP contribution is 2.33. The molecule has 3 heteroatoms. The topological polar surface area (TPSA) is 46.3 Å². The van der Waals surface area contributed by atoms with Crippen molar-refractivity contribution >= 4 is 17.3 Å². The van der Waals surface area contributed by atoms with E-state index in [1.54, 1.807) is 0 Å². The zero-order valence-corrected chi connectivity index (χ0v) is 13.2. The quantitative estimate of drug-likeness (QED) is 0.859. The van der Waals surface area contributed by atoms with Gasteiger partial charge in [-0.3, -0.25) is 4.79 Å². The molecule has 2 aromatic carbocycles. The summed E-state index contributed by atoms with van der Waals surface area (Å²) >= 11 is 0. The van der Waals surface area contributed by atoms with Gasteiger partial charge < -0.3 is 10.6 Å². The van der Waals surface area contributed by atoms with E-state index in [0.29, 0.717) is 0 Å². The Balaban J connectivity index is 1.92. The van der Waals surface area contributed by atoms with E-state index in [1.807, 2.05) is 42.2 Å². The minimum absolute atomic E-state index is 0.146. The van der Waals surface area contributed by atoms with E-state index in [1.165, 1.54) is 5.56 Å². The zero-order valence-electron chi connectivity index (χ0n) is 13.2. The van der Waals surface area contributed by atoms with Crippen molar-refractivity contribution in [1.82, 2.24) is 0 Å². The molecule has 1 atom stereocenters. The second-order valence-corrected chi connectivity index (χ2v) is 6.07. The SMILES string of the molecule is Cc1cccc(C(C)C(=O)N2CCCc3c(N)cccc32)c1. The van der Waals surface area contributed by atoms with Crippen LogP contribution in [-0.2, 0) is 11.2 Å². The van der Waals surface area contributed by atoms with Crippen LogP contribution in [-0.4, -0.2) is 12.5 Å². The number of anilines is 2. The van der Waals surface area contributed by atoms with Gasteiger partial charge in [-0.1, -0.05) is 35.9 Å². The van der Waals surface area contributed by atoms with Crippen LogP contribution in [0.25, 0.3) is 0 Å². The van der Waals surface area contributed by atoms with Crippen LogP contribution in [0.15, 0.2) is 42.5 Å². The summed E-state index contributed by atoms with van der Waals surface area (Å²) in [5.41, 5.74) is 11.2. The number of carbonyl (C=O) groups is 1. The number of rotatable bonds is 2. The molecule has 1 aliphatic heterocycles. The van der Waals surface area contributed by atoms with Crippen molar-refractivity contribution in [3.63, 3.8) is 0 Å². The van der Waals surface area contributed by atoms with Gasteiger partial charge in [-0.15, -0.1) is 0 Å². The summed E-state index contributed by atoms with van der Waals surface area (Å²) < 4.78 is 0. The molecule has 1 unspecified atom stereocenters. The summed E-state index contributed by atoms with van der Waals surface area (Å²) in [4.78, 5) is 14.9. The Labute approximate surface area is 131 Å². The normalized spacial score (nSPS) is 15.3. The Morgan fingerprint density at radius 3 is 2.77 bits per heavy atom. The predicted octanol–water partition coefficient (Wildman–Crippen LogP) is 3.66. The lowest BCUT2D eigenvalue weighted by atomic mass is 9.94. The summed E-state index contributed by atoms with van der Waals surface area (Å²) in [6.45, 7) is 4.81. The number of benzene rings is 2. The molecule has 22 heavy (non-hydrogen) atoms. The lowest BCUT2D eigenvalue weighted by molar-refractivity contribution is -0.119. The monoisotopic (exact) mass is 294 g/mol. The molecule has 2 N–H and O–H groups in total. The third-order valence-corrected chi connectivity index (χ3v) is 4.47. The molecule has 0 saturated carbocycles. The largest absolute Gasteiger partial charge is 0.398 e. The second-order valence-electron chi connectivity index (χ2n) is 6.07. The van der Waals surface area contributed by atoms with Crippen molar-refractivity contribution in [1.29, 1.82) is 0 Å². The first-order chi connectivity index (χ1) is 10.6. The molecule has 0 saturated heterocycles. The molecular formula is C19H22N2O. The van der Waals surface area contributed by atoms with Crippen molar-refractivity contribution in [3.8, 4) is 0 Å². The first kappa shape index (κ1) is 14.6. The number of hydrogen-bond acceptors (Lipinski definition) is 2. The van der Waals surface area contributed by atoms with E-state index in [9.17, 15) is 4.79 Å². The maximum absolute atomic E-state index is 13.0. The summed E-state index contributed by atoms with van der Waals surface area (Å²) in [5.74, 6) is 0.00410. The predicted molar refractivity (Wildman–Crippen MR) is 91.1 cm³/mol. The molecular weight excluding hydrogens is 272 g/mol. The molecule has 2 aromatic rings. The lowest BCUT2D eigenvalue weighted by Crippen LogP contribution is -2.38. The fraction of sp³-hybridized carbons (Fsp3) is 0.316. The molecule has 3 nitrogen and oxygen atoms in total. The van der Waals surface area contributed by atoms with Gasteiger partial charge in [0.25, 0.3) is 0 Å². The summed E-state index contributed by atoms with van der Waals surface area (Å²) in [6, 6.07) is 14.0. The van der Waals surface area contributed by atoms with Crippen molar-refractivity contribution < 1.29 is 4.79 Å². The fourth-order valence-electron chi connectivity index (χ4n) is 3.20. The average molecular weight is 294 g/mol. The zero-order chi connectivity index (χ0) is 15.7. The molecule has 114 valence electrons. The highest BCUT2D eigenvalue weighted by molar-refractivity contribution is 5.99. The molecule has 0 aliphatic carbocycles. The van der Waals surface area contributed by atoms with Gasteiger partial charge in [0, 0.05) is 17.9 Å². The number of carbonyl (C=O) groups excluding carboxylic acids is 1. The Hall–Kier alpha value is -2.29. The van der Waals surface area contributed by atoms with E-state index in [0.717, 1.165) is 41.9 Å². The molecule has 0 bridgehead atoms. The van der Waals surface area contributed by atoms with Crippen molar-refractivity contribution in [2.24, 2.45) is 0 Å². The third kappa shape index (κ3) is 2.59. The van der Waals surface area contributed by atoms with Crippen LogP contribution in [0.2, 0.25) is 0 Å². The lowest BCUT2D eigenvalue weighted by Gasteiger charge is -2.32. The standard InChI is InChI=1S/C19H22N2O/c1-13-6-3-7-15(12-13)14(2)19(22)21-11-5-8-16-17(20)9-4-10-18(16)21/h3-4,6-7,9-10,12,14H,5,8,11,20H2,1-2H3. The Kier molecular flexibility index (Phi) is 3.88. The van der Waals surface area contributed by atoms with E-state index in [-0.39, 0.29) is 11.8 Å². The molecule has 0 radical (unpaired) electrons. The average Bonchev–Trinajstić information content (AvgIpc) is 2.53. The number of nitrogen functional groups attached to an aromatic ring is 1. The molecule has 1 amide bonds. The molecule has 0 fully saturated rings. The maximum atomic E-state index is 13.0. The van der Waals surface area contributed by atoms with Crippen molar-refractivity contribution in [2.75, 3.05) is 17.2 Å². The molecule has 0 aromatic heterocycles. The highest BCUT2D eigenvalue weighted by Gasteiger charge is 2.27. The summed E-state index contributed by atoms with van der Waals surface area (Å²) in [5, 5.41) is 0. The Morgan fingerprint density at radius 2 is 2.00 bits per heavy atom. The van der Waals surface area contributed by atoms with Gasteiger partial charge in [0.1, 0.15) is 0 Å². The van der Waals surface area contributed by atoms with E-state index in [2.05, 4.69) is 19.1 Å². The minimum atomic E-state index is -0.146. The van der Waals surface area contributed by atoms with E-state index >= 15 is 0 Å². The van der Waals surface area contributed by atoms with Crippen LogP contribution < -0.4 is 10.6 Å². The number of nitrogens with two attached hydrogens (primary N) is 1. The summed E-state index contributed by atoms with van der Waals surface area (Å²) in [6.07, 6.45) is 1.91. The molecule has 1 heterocycles. The first-order valence-corrected chi connectivity index (χ1v) is 7.83. The Morgan fingerprint density at radius 1 is 1.23 bits per heavy atom. The van der Waals surface area contributed by atoms with Gasteiger partial charge in [0.15, 0.2) is 0 Å². The van der Waals surface area contributed by atoms with Crippen LogP contribution >= 0.6 is 0 Å². The van der Waals surface area contributed by atoms with Crippen LogP contribution in [0.5, 0.6) is 0 Å². The molecule has 1 aliphatic rings. The fourth-order valence-corrected chi connectivity index (χ4v) is 3.20. The van der Waals surface area contributed by atoms with Gasteiger partial charge in [-0.25, -0.2) is 0 Å². The van der Waals surface area contributed by atoms with Gasteiger partial charge in [-0.05, 0) is 49.9 Å². The number of aryl methyl sites for hydroxylation is 1. The Bertz CT molecular complexity index is 708. The van der Waals surface area contributed by atoms with Gasteiger partial charge in [0.05, 0.1) is 5.92 Å². The second kappa shape index (κ2) is 5.84. The number of amides is 1. The van der Waals surface area contributed by atoms with Gasteiger partial charge >= 0.3 is 0 Å². The van der Waals surface area contributed by atoms with Crippen LogP contribution in [0.3, 0.4) is 0 Å². The van der Waals surface area contributed by atoms with Crippen LogP contribution in [0, 0.1) is 6.92 Å². The smallest absolute Gasteiger partial charge is 0.234 e. The van der Waals surface area contributed by atoms with Crippen molar-refractivity contribution in [2.45, 2.75) is 32.6 Å². The van der Waals surface area contributed by atoms with Crippen LogP contribution in [0.4, 0.5) is 11.4 Å².